The van der Waals surface area contributed by atoms with Gasteiger partial charge in [-0.05, 0) is 12.5 Å². The molecule has 0 aliphatic carbocycles. The molecule has 0 unspecified atom stereocenters. The molecule has 0 aliphatic rings. The molecule has 5 nitrogen and oxygen atoms in total. The van der Waals surface area contributed by atoms with Crippen molar-refractivity contribution >= 4 is 11.9 Å². The zero-order chi connectivity index (χ0) is 12.1. The molecule has 4 N–H and O–H groups in total. The third-order valence-corrected chi connectivity index (χ3v) is 2.08. The predicted octanol–water partition coefficient (Wildman–Crippen LogP) is 0.276. The first-order valence-electron chi connectivity index (χ1n) is 4.86. The van der Waals surface area contributed by atoms with Crippen molar-refractivity contribution in [1.29, 1.82) is 0 Å². The highest BCUT2D eigenvalue weighted by Crippen LogP contribution is 2.12. The summed E-state index contributed by atoms with van der Waals surface area (Å²) in [4.78, 5) is 22.3. The maximum Gasteiger partial charge on any atom is 0.330 e. The Labute approximate surface area is 93.3 Å². The molecule has 2 atom stereocenters. The van der Waals surface area contributed by atoms with Gasteiger partial charge in [-0.1, -0.05) is 30.3 Å². The highest BCUT2D eigenvalue weighted by Gasteiger charge is 2.22. The molecule has 0 radical (unpaired) electrons. The number of nitrogens with two attached hydrogens (primary N) is 1. The van der Waals surface area contributed by atoms with E-state index in [0.29, 0.717) is 5.56 Å². The van der Waals surface area contributed by atoms with Gasteiger partial charge in [-0.2, -0.15) is 0 Å². The Morgan fingerprint density at radius 3 is 2.31 bits per heavy atom. The van der Waals surface area contributed by atoms with Crippen LogP contribution in [0.2, 0.25) is 0 Å². The molecule has 0 bridgehead atoms. The first-order chi connectivity index (χ1) is 7.52. The van der Waals surface area contributed by atoms with Crippen LogP contribution in [0.5, 0.6) is 0 Å². The third kappa shape index (κ3) is 3.06. The van der Waals surface area contributed by atoms with Crippen LogP contribution in [0.3, 0.4) is 0 Å². The van der Waals surface area contributed by atoms with Crippen LogP contribution in [0.25, 0.3) is 0 Å². The first-order valence-corrected chi connectivity index (χ1v) is 4.86. The number of carboxylic acid groups (broad SMARTS) is 1. The van der Waals surface area contributed by atoms with Crippen molar-refractivity contribution in [2.45, 2.75) is 19.0 Å². The highest BCUT2D eigenvalue weighted by molar-refractivity contribution is 5.87. The lowest BCUT2D eigenvalue weighted by atomic mass is 10.1. The molecule has 0 fully saturated rings. The summed E-state index contributed by atoms with van der Waals surface area (Å²) in [7, 11) is 0. The fraction of sp³-hybridized carbons (Fsp3) is 0.273. The van der Waals surface area contributed by atoms with E-state index in [2.05, 4.69) is 5.32 Å². The molecule has 0 saturated heterocycles. The number of hydrogen-bond donors (Lipinski definition) is 3. The number of carboxylic acids is 1. The Bertz CT molecular complexity index is 376. The predicted molar refractivity (Wildman–Crippen MR) is 58.6 cm³/mol. The number of aliphatic carboxylic acids is 1. The van der Waals surface area contributed by atoms with Crippen molar-refractivity contribution in [3.8, 4) is 0 Å². The Morgan fingerprint density at radius 2 is 1.88 bits per heavy atom. The van der Waals surface area contributed by atoms with Gasteiger partial charge in [-0.25, -0.2) is 4.79 Å². The number of hydrogen-bond acceptors (Lipinski definition) is 3. The summed E-state index contributed by atoms with van der Waals surface area (Å²) in [6.07, 6.45) is 0. The lowest BCUT2D eigenvalue weighted by Crippen LogP contribution is -2.42. The normalized spacial score (nSPS) is 13.9. The Kier molecular flexibility index (Phi) is 4.02. The van der Waals surface area contributed by atoms with Crippen molar-refractivity contribution in [3.63, 3.8) is 0 Å². The molecule has 1 rings (SSSR count). The third-order valence-electron chi connectivity index (χ3n) is 2.08. The van der Waals surface area contributed by atoms with Gasteiger partial charge in [-0.3, -0.25) is 4.79 Å². The average Bonchev–Trinajstić information content (AvgIpc) is 2.26. The Morgan fingerprint density at radius 1 is 1.31 bits per heavy atom. The van der Waals surface area contributed by atoms with Gasteiger partial charge >= 0.3 is 5.97 Å². The molecule has 16 heavy (non-hydrogen) atoms. The van der Waals surface area contributed by atoms with Crippen LogP contribution >= 0.6 is 0 Å². The summed E-state index contributed by atoms with van der Waals surface area (Å²) in [5, 5.41) is 11.4. The number of rotatable bonds is 4. The second kappa shape index (κ2) is 5.27. The lowest BCUT2D eigenvalue weighted by Gasteiger charge is -2.16. The second-order valence-electron chi connectivity index (χ2n) is 3.48. The largest absolute Gasteiger partial charge is 0.479 e. The summed E-state index contributed by atoms with van der Waals surface area (Å²) in [5.41, 5.74) is 5.88. The number of carbonyl (C=O) groups excluding carboxylic acids is 1. The van der Waals surface area contributed by atoms with E-state index < -0.39 is 24.0 Å². The van der Waals surface area contributed by atoms with Crippen LogP contribution in [0, 0.1) is 0 Å². The zero-order valence-electron chi connectivity index (χ0n) is 8.88. The summed E-state index contributed by atoms with van der Waals surface area (Å²) < 4.78 is 0. The minimum atomic E-state index is -1.11. The maximum atomic E-state index is 11.3. The Hall–Kier alpha value is -1.88. The lowest BCUT2D eigenvalue weighted by molar-refractivity contribution is -0.142. The van der Waals surface area contributed by atoms with E-state index in [1.807, 2.05) is 0 Å². The smallest absolute Gasteiger partial charge is 0.330 e. The van der Waals surface area contributed by atoms with Gasteiger partial charge in [0.15, 0.2) is 6.04 Å². The number of carbonyl (C=O) groups is 2. The van der Waals surface area contributed by atoms with Gasteiger partial charge < -0.3 is 16.2 Å². The summed E-state index contributed by atoms with van der Waals surface area (Å²) >= 11 is 0. The highest BCUT2D eigenvalue weighted by atomic mass is 16.4. The minimum absolute atomic E-state index is 0.490. The molecule has 1 aromatic rings. The van der Waals surface area contributed by atoms with Crippen LogP contribution in [0.15, 0.2) is 30.3 Å². The number of amides is 1. The van der Waals surface area contributed by atoms with Gasteiger partial charge in [0, 0.05) is 0 Å². The molecule has 0 aliphatic heterocycles. The molecule has 0 saturated carbocycles. The van der Waals surface area contributed by atoms with Gasteiger partial charge in [-0.15, -0.1) is 0 Å². The monoisotopic (exact) mass is 222 g/mol. The van der Waals surface area contributed by atoms with E-state index >= 15 is 0 Å². The van der Waals surface area contributed by atoms with Crippen LogP contribution < -0.4 is 11.1 Å². The summed E-state index contributed by atoms with van der Waals surface area (Å²) in [5.74, 6) is -1.60. The molecule has 5 heteroatoms. The van der Waals surface area contributed by atoms with Crippen molar-refractivity contribution in [1.82, 2.24) is 5.32 Å². The van der Waals surface area contributed by atoms with Crippen molar-refractivity contribution in [3.05, 3.63) is 35.9 Å². The minimum Gasteiger partial charge on any atom is -0.479 e. The van der Waals surface area contributed by atoms with Crippen LogP contribution in [-0.2, 0) is 9.59 Å². The van der Waals surface area contributed by atoms with Crippen LogP contribution in [-0.4, -0.2) is 23.0 Å². The van der Waals surface area contributed by atoms with Gasteiger partial charge in [0.05, 0.1) is 6.04 Å². The maximum absolute atomic E-state index is 11.3. The van der Waals surface area contributed by atoms with E-state index in [1.165, 1.54) is 6.92 Å². The van der Waals surface area contributed by atoms with E-state index in [-0.39, 0.29) is 0 Å². The van der Waals surface area contributed by atoms with Crippen LogP contribution in [0.4, 0.5) is 0 Å². The molecule has 1 amide bonds. The molecule has 0 aromatic heterocycles. The van der Waals surface area contributed by atoms with E-state index in [9.17, 15) is 9.59 Å². The van der Waals surface area contributed by atoms with E-state index in [0.717, 1.165) is 0 Å². The number of nitrogens with one attached hydrogen (secondary N) is 1. The molecule has 0 spiro atoms. The SMILES string of the molecule is C[C@@H](N)C(=O)N[C@H](C(=O)O)c1ccccc1. The van der Waals surface area contributed by atoms with Crippen LogP contribution in [0.1, 0.15) is 18.5 Å². The fourth-order valence-electron chi connectivity index (χ4n) is 1.21. The quantitative estimate of drug-likeness (QED) is 0.682. The average molecular weight is 222 g/mol. The van der Waals surface area contributed by atoms with Crippen molar-refractivity contribution < 1.29 is 14.7 Å². The topological polar surface area (TPSA) is 92.4 Å². The molecule has 0 heterocycles. The molecule has 1 aromatic carbocycles. The second-order valence-corrected chi connectivity index (χ2v) is 3.48. The van der Waals surface area contributed by atoms with Crippen molar-refractivity contribution in [2.75, 3.05) is 0 Å². The first kappa shape index (κ1) is 12.2. The van der Waals surface area contributed by atoms with Gasteiger partial charge in [0.1, 0.15) is 0 Å². The van der Waals surface area contributed by atoms with Gasteiger partial charge in [0.25, 0.3) is 0 Å². The molecular formula is C11H14N2O3. The summed E-state index contributed by atoms with van der Waals surface area (Å²) in [6, 6.07) is 6.69. The molecule has 86 valence electrons. The van der Waals surface area contributed by atoms with Gasteiger partial charge in [0.2, 0.25) is 5.91 Å². The Balaban J connectivity index is 2.85. The van der Waals surface area contributed by atoms with Crippen molar-refractivity contribution in [2.24, 2.45) is 5.73 Å². The standard InChI is InChI=1S/C11H14N2O3/c1-7(12)10(14)13-9(11(15)16)8-5-3-2-4-6-8/h2-7,9H,12H2,1H3,(H,13,14)(H,15,16)/t7-,9+/m1/s1. The molecular weight excluding hydrogens is 208 g/mol. The van der Waals surface area contributed by atoms with E-state index in [4.69, 9.17) is 10.8 Å². The summed E-state index contributed by atoms with van der Waals surface area (Å²) in [6.45, 7) is 1.50. The van der Waals surface area contributed by atoms with E-state index in [1.54, 1.807) is 30.3 Å². The number of benzene rings is 1. The fourth-order valence-corrected chi connectivity index (χ4v) is 1.21. The zero-order valence-corrected chi connectivity index (χ0v) is 8.88.